The fourth-order valence-electron chi connectivity index (χ4n) is 3.24. The van der Waals surface area contributed by atoms with Crippen LogP contribution in [-0.2, 0) is 0 Å². The molecule has 0 radical (unpaired) electrons. The van der Waals surface area contributed by atoms with E-state index in [0.717, 1.165) is 6.16 Å². The van der Waals surface area contributed by atoms with E-state index < -0.39 is 7.26 Å². The summed E-state index contributed by atoms with van der Waals surface area (Å²) in [4.78, 5) is 0. The molecule has 0 aliphatic heterocycles. The maximum atomic E-state index is 4.06. The van der Waals surface area contributed by atoms with Gasteiger partial charge in [0.05, 0.1) is 0 Å². The average molecular weight is 341 g/mol. The molecule has 0 aliphatic carbocycles. The molecule has 0 spiro atoms. The van der Waals surface area contributed by atoms with E-state index in [0.29, 0.717) is 0 Å². The Morgan fingerprint density at radius 3 is 1.17 bits per heavy atom. The van der Waals surface area contributed by atoms with Gasteiger partial charge in [-0.2, -0.15) is 0 Å². The Hall–Kier alpha value is -1.88. The van der Waals surface area contributed by atoms with Crippen molar-refractivity contribution in [1.82, 2.24) is 0 Å². The Kier molecular flexibility index (Phi) is 6.16. The number of hydrogen-bond acceptors (Lipinski definition) is 0. The van der Waals surface area contributed by atoms with Crippen LogP contribution in [0.5, 0.6) is 0 Å². The van der Waals surface area contributed by atoms with Crippen LogP contribution in [-0.4, -0.2) is 6.16 Å². The molecular weight excluding hydrogens is 319 g/mol. The van der Waals surface area contributed by atoms with Gasteiger partial charge in [-0.25, -0.2) is 0 Å². The molecule has 118 valence electrons. The largest absolute Gasteiger partial charge is 0.147 e. The average Bonchev–Trinajstić information content (AvgIpc) is 2.62. The molecule has 0 saturated carbocycles. The third-order valence-corrected chi connectivity index (χ3v) is 9.11. The van der Waals surface area contributed by atoms with Gasteiger partial charge in [-0.1, -0.05) is 0 Å². The van der Waals surface area contributed by atoms with Gasteiger partial charge in [-0.3, -0.25) is 0 Å². The summed E-state index contributed by atoms with van der Waals surface area (Å²) in [7, 11) is -2.04. The maximum Gasteiger partial charge on any atom is -0.147 e. The van der Waals surface area contributed by atoms with Crippen LogP contribution >= 0.6 is 19.7 Å². The summed E-state index contributed by atoms with van der Waals surface area (Å²) in [6, 6.07) is 32.8. The number of allylic oxidation sites excluding steroid dienone is 1. The summed E-state index contributed by atoms with van der Waals surface area (Å²) in [5.74, 6) is 0. The van der Waals surface area contributed by atoms with Crippen molar-refractivity contribution in [2.45, 2.75) is 0 Å². The van der Waals surface area contributed by atoms with Crippen molar-refractivity contribution >= 4 is 35.6 Å². The van der Waals surface area contributed by atoms with Gasteiger partial charge in [-0.15, -0.1) is 12.4 Å². The zero-order valence-corrected chi connectivity index (χ0v) is 14.9. The van der Waals surface area contributed by atoms with Crippen LogP contribution in [0.3, 0.4) is 0 Å². The minimum atomic E-state index is -2.04. The molecule has 0 aliphatic rings. The number of hydrogen-bond donors (Lipinski definition) is 0. The second-order valence-corrected chi connectivity index (χ2v) is 9.45. The predicted molar refractivity (Wildman–Crippen MR) is 109 cm³/mol. The minimum absolute atomic E-state index is 0. The summed E-state index contributed by atoms with van der Waals surface area (Å²) in [5, 5.41) is 4.31. The third-order valence-electron chi connectivity index (χ3n) is 4.25. The van der Waals surface area contributed by atoms with Crippen LogP contribution in [0, 0.1) is 0 Å². The van der Waals surface area contributed by atoms with Crippen LogP contribution in [0.15, 0.2) is 104 Å². The zero-order chi connectivity index (χ0) is 15.3. The summed E-state index contributed by atoms with van der Waals surface area (Å²) in [6.45, 7) is 4.06. The van der Waals surface area contributed by atoms with Crippen molar-refractivity contribution in [3.8, 4) is 0 Å². The molecule has 3 rings (SSSR count). The first-order chi connectivity index (χ1) is 10.9. The number of rotatable bonds is 5. The summed E-state index contributed by atoms with van der Waals surface area (Å²) in [5.41, 5.74) is 0. The fraction of sp³-hybridized carbons (Fsp3) is 0.0476. The predicted octanol–water partition coefficient (Wildman–Crippen LogP) is 4.32. The molecule has 3 aromatic carbocycles. The Labute approximate surface area is 145 Å². The van der Waals surface area contributed by atoms with E-state index in [1.165, 1.54) is 15.9 Å². The molecule has 0 N–H and O–H groups in total. The molecule has 0 aromatic heterocycles. The molecule has 0 amide bonds. The van der Waals surface area contributed by atoms with Crippen molar-refractivity contribution in [3.05, 3.63) is 104 Å². The van der Waals surface area contributed by atoms with Crippen LogP contribution in [0.2, 0.25) is 0 Å². The molecule has 0 heterocycles. The van der Waals surface area contributed by atoms with Crippen molar-refractivity contribution in [3.63, 3.8) is 0 Å². The molecule has 23 heavy (non-hydrogen) atoms. The molecule has 2 heteroatoms. The Morgan fingerprint density at radius 2 is 0.913 bits per heavy atom. The van der Waals surface area contributed by atoms with E-state index in [1.807, 2.05) is 0 Å². The van der Waals surface area contributed by atoms with E-state index >= 15 is 0 Å². The van der Waals surface area contributed by atoms with Gasteiger partial charge in [0, 0.05) is 0 Å². The topological polar surface area (TPSA) is 0 Å². The normalized spacial score (nSPS) is 11.3. The van der Waals surface area contributed by atoms with E-state index in [4.69, 9.17) is 0 Å². The molecule has 0 fully saturated rings. The van der Waals surface area contributed by atoms with Crippen molar-refractivity contribution in [1.29, 1.82) is 0 Å². The smallest absolute Gasteiger partial charge is 0.147 e. The van der Waals surface area contributed by atoms with Gasteiger partial charge in [0.15, 0.2) is 0 Å². The first-order valence-corrected chi connectivity index (χ1v) is 9.86. The van der Waals surface area contributed by atoms with Crippen LogP contribution in [0.4, 0.5) is 0 Å². The van der Waals surface area contributed by atoms with E-state index in [-0.39, 0.29) is 12.4 Å². The Morgan fingerprint density at radius 1 is 0.609 bits per heavy atom. The summed E-state index contributed by atoms with van der Waals surface area (Å²) in [6.07, 6.45) is 3.09. The molecule has 3 aromatic rings. The first kappa shape index (κ1) is 17.5. The van der Waals surface area contributed by atoms with Gasteiger partial charge in [0.25, 0.3) is 0 Å². The quantitative estimate of drug-likeness (QED) is 0.479. The van der Waals surface area contributed by atoms with Crippen LogP contribution in [0.25, 0.3) is 0 Å². The first-order valence-electron chi connectivity index (χ1n) is 7.65. The molecular formula is C21H22ClP. The van der Waals surface area contributed by atoms with Crippen LogP contribution < -0.4 is 15.9 Å². The fourth-order valence-corrected chi connectivity index (χ4v) is 7.66. The minimum Gasteiger partial charge on any atom is -0.147 e. The maximum absolute atomic E-state index is 4.06. The van der Waals surface area contributed by atoms with E-state index in [2.05, 4.69) is 104 Å². The van der Waals surface area contributed by atoms with Gasteiger partial charge < -0.3 is 0 Å². The standard InChI is InChI=1S/C21H21P.ClH/c1-2-18-22(19-12-6-3-7-13-19,20-14-8-4-9-15-20)21-16-10-5-11-17-21;/h2-17,22H,1,18H2;1H. The molecule has 0 saturated heterocycles. The van der Waals surface area contributed by atoms with E-state index in [9.17, 15) is 0 Å². The van der Waals surface area contributed by atoms with Crippen molar-refractivity contribution < 1.29 is 0 Å². The monoisotopic (exact) mass is 340 g/mol. The SMILES string of the molecule is C=CC[PH](c1ccccc1)(c1ccccc1)c1ccccc1.Cl. The second-order valence-electron chi connectivity index (χ2n) is 5.50. The molecule has 0 nitrogen and oxygen atoms in total. The van der Waals surface area contributed by atoms with Gasteiger partial charge in [0.1, 0.15) is 0 Å². The summed E-state index contributed by atoms with van der Waals surface area (Å²) >= 11 is 0. The zero-order valence-electron chi connectivity index (χ0n) is 13.1. The van der Waals surface area contributed by atoms with Crippen LogP contribution in [0.1, 0.15) is 0 Å². The van der Waals surface area contributed by atoms with Gasteiger partial charge in [-0.05, 0) is 0 Å². The molecule has 0 atom stereocenters. The number of benzene rings is 3. The Balaban J connectivity index is 0.00000192. The second kappa shape index (κ2) is 8.11. The Bertz CT molecular complexity index is 627. The molecule has 0 unspecified atom stereocenters. The summed E-state index contributed by atoms with van der Waals surface area (Å²) < 4.78 is 0. The van der Waals surface area contributed by atoms with Crippen molar-refractivity contribution in [2.24, 2.45) is 0 Å². The number of halogens is 1. The van der Waals surface area contributed by atoms with Gasteiger partial charge >= 0.3 is 133 Å². The van der Waals surface area contributed by atoms with E-state index in [1.54, 1.807) is 0 Å². The van der Waals surface area contributed by atoms with Gasteiger partial charge in [0.2, 0.25) is 0 Å². The van der Waals surface area contributed by atoms with Crippen molar-refractivity contribution in [2.75, 3.05) is 6.16 Å². The third kappa shape index (κ3) is 3.39. The molecule has 0 bridgehead atoms.